The Morgan fingerprint density at radius 1 is 0.886 bits per heavy atom. The lowest BCUT2D eigenvalue weighted by atomic mass is 10.1. The average molecular weight is 466 g/mol. The Balaban J connectivity index is 1.26. The van der Waals surface area contributed by atoms with Crippen molar-refractivity contribution in [2.24, 2.45) is 0 Å². The summed E-state index contributed by atoms with van der Waals surface area (Å²) in [7, 11) is 2.10. The van der Waals surface area contributed by atoms with Crippen LogP contribution >= 0.6 is 0 Å². The lowest BCUT2D eigenvalue weighted by molar-refractivity contribution is 0.0952. The van der Waals surface area contributed by atoms with Crippen molar-refractivity contribution < 1.29 is 4.79 Å². The molecule has 0 spiro atoms. The molecule has 1 heterocycles. The van der Waals surface area contributed by atoms with Crippen LogP contribution in [0.4, 0.5) is 11.5 Å². The highest BCUT2D eigenvalue weighted by molar-refractivity contribution is 5.95. The van der Waals surface area contributed by atoms with E-state index >= 15 is 0 Å². The summed E-state index contributed by atoms with van der Waals surface area (Å²) in [5, 5.41) is 14.9. The Bertz CT molecular complexity index is 1240. The minimum atomic E-state index is -0.0831. The van der Waals surface area contributed by atoms with Crippen molar-refractivity contribution in [2.75, 3.05) is 25.5 Å². The Hall–Kier alpha value is -4.03. The van der Waals surface area contributed by atoms with Crippen LogP contribution in [0.3, 0.4) is 0 Å². The Kier molecular flexibility index (Phi) is 8.20. The number of carbonyl (C=O) groups excluding carboxylic acids is 1. The maximum Gasteiger partial charge on any atom is 0.251 e. The van der Waals surface area contributed by atoms with E-state index in [2.05, 4.69) is 76.1 Å². The van der Waals surface area contributed by atoms with Crippen LogP contribution in [0.5, 0.6) is 0 Å². The van der Waals surface area contributed by atoms with E-state index < -0.39 is 0 Å². The molecule has 0 aliphatic carbocycles. The van der Waals surface area contributed by atoms with Gasteiger partial charge in [0, 0.05) is 29.9 Å². The molecule has 2 N–H and O–H groups in total. The molecule has 1 amide bonds. The Labute approximate surface area is 207 Å². The van der Waals surface area contributed by atoms with Crippen LogP contribution in [-0.2, 0) is 6.54 Å². The lowest BCUT2D eigenvalue weighted by Crippen LogP contribution is -2.28. The van der Waals surface area contributed by atoms with E-state index in [-0.39, 0.29) is 5.91 Å². The second-order valence-corrected chi connectivity index (χ2v) is 8.71. The van der Waals surface area contributed by atoms with Gasteiger partial charge in [-0.05, 0) is 68.9 Å². The van der Waals surface area contributed by atoms with Gasteiger partial charge in [-0.15, -0.1) is 10.2 Å². The first-order valence-electron chi connectivity index (χ1n) is 11.9. The lowest BCUT2D eigenvalue weighted by Gasteiger charge is -2.16. The van der Waals surface area contributed by atoms with Gasteiger partial charge in [-0.2, -0.15) is 0 Å². The fourth-order valence-corrected chi connectivity index (χ4v) is 3.87. The summed E-state index contributed by atoms with van der Waals surface area (Å²) in [5.74, 6) is 0.542. The third kappa shape index (κ3) is 7.22. The van der Waals surface area contributed by atoms with Crippen molar-refractivity contribution in [1.29, 1.82) is 0 Å². The van der Waals surface area contributed by atoms with Gasteiger partial charge in [0.15, 0.2) is 5.82 Å². The van der Waals surface area contributed by atoms with Crippen molar-refractivity contribution in [3.8, 4) is 11.3 Å². The molecule has 0 aliphatic rings. The van der Waals surface area contributed by atoms with Gasteiger partial charge >= 0.3 is 0 Å². The van der Waals surface area contributed by atoms with Gasteiger partial charge in [0.05, 0.1) is 5.69 Å². The number of nitrogens with zero attached hydrogens (tertiary/aromatic N) is 3. The zero-order valence-electron chi connectivity index (χ0n) is 20.2. The van der Waals surface area contributed by atoms with E-state index in [0.717, 1.165) is 36.5 Å². The molecule has 178 valence electrons. The highest BCUT2D eigenvalue weighted by Crippen LogP contribution is 2.20. The summed E-state index contributed by atoms with van der Waals surface area (Å²) in [6.07, 6.45) is 0.885. The molecule has 0 atom stereocenters. The maximum atomic E-state index is 12.6. The van der Waals surface area contributed by atoms with Gasteiger partial charge in [0.2, 0.25) is 0 Å². The second-order valence-electron chi connectivity index (χ2n) is 8.71. The molecule has 0 unspecified atom stereocenters. The number of nitrogens with one attached hydrogen (secondary N) is 2. The maximum absolute atomic E-state index is 12.6. The fraction of sp³-hybridized carbons (Fsp3) is 0.207. The van der Waals surface area contributed by atoms with Gasteiger partial charge in [-0.3, -0.25) is 4.79 Å². The molecule has 1 aromatic heterocycles. The largest absolute Gasteiger partial charge is 0.352 e. The highest BCUT2D eigenvalue weighted by Gasteiger charge is 2.08. The number of amides is 1. The number of hydrogen-bond acceptors (Lipinski definition) is 5. The third-order valence-corrected chi connectivity index (χ3v) is 5.67. The number of aryl methyl sites for hydroxylation is 1. The van der Waals surface area contributed by atoms with Crippen molar-refractivity contribution >= 4 is 17.4 Å². The summed E-state index contributed by atoms with van der Waals surface area (Å²) in [6.45, 7) is 4.49. The molecule has 6 heteroatoms. The third-order valence-electron chi connectivity index (χ3n) is 5.67. The number of benzene rings is 3. The predicted molar refractivity (Wildman–Crippen MR) is 142 cm³/mol. The standard InChI is InChI=1S/C29H31N5O/c1-22-9-6-12-24(19-22)27-15-16-28(33-32-27)31-26-14-7-13-25(20-26)29(35)30-17-8-18-34(2)21-23-10-4-3-5-11-23/h3-7,9-16,19-20H,8,17-18,21H2,1-2H3,(H,30,35)(H,31,33). The molecule has 4 aromatic rings. The molecule has 4 rings (SSSR count). The zero-order valence-corrected chi connectivity index (χ0v) is 20.2. The van der Waals surface area contributed by atoms with Crippen molar-refractivity contribution in [3.05, 3.63) is 108 Å². The molecular weight excluding hydrogens is 434 g/mol. The minimum Gasteiger partial charge on any atom is -0.352 e. The van der Waals surface area contributed by atoms with Crippen LogP contribution in [0, 0.1) is 6.92 Å². The molecule has 0 radical (unpaired) electrons. The quantitative estimate of drug-likeness (QED) is 0.305. The summed E-state index contributed by atoms with van der Waals surface area (Å²) < 4.78 is 0. The molecule has 0 bridgehead atoms. The molecule has 0 aliphatic heterocycles. The van der Waals surface area contributed by atoms with E-state index in [9.17, 15) is 4.79 Å². The average Bonchev–Trinajstić information content (AvgIpc) is 2.88. The summed E-state index contributed by atoms with van der Waals surface area (Å²) in [6, 6.07) is 29.8. The topological polar surface area (TPSA) is 70.2 Å². The molecule has 3 aromatic carbocycles. The zero-order chi connectivity index (χ0) is 24.5. The molecule has 0 saturated heterocycles. The Morgan fingerprint density at radius 3 is 2.49 bits per heavy atom. The van der Waals surface area contributed by atoms with E-state index in [4.69, 9.17) is 0 Å². The molecule has 6 nitrogen and oxygen atoms in total. The van der Waals surface area contributed by atoms with Gasteiger partial charge in [0.1, 0.15) is 0 Å². The van der Waals surface area contributed by atoms with Crippen LogP contribution in [0.2, 0.25) is 0 Å². The molecule has 0 fully saturated rings. The monoisotopic (exact) mass is 465 g/mol. The van der Waals surface area contributed by atoms with Crippen LogP contribution in [0.15, 0.2) is 91.0 Å². The van der Waals surface area contributed by atoms with Crippen LogP contribution in [0.1, 0.15) is 27.9 Å². The van der Waals surface area contributed by atoms with E-state index in [1.165, 1.54) is 11.1 Å². The smallest absolute Gasteiger partial charge is 0.251 e. The van der Waals surface area contributed by atoms with Crippen LogP contribution in [0.25, 0.3) is 11.3 Å². The first-order chi connectivity index (χ1) is 17.1. The molecule has 35 heavy (non-hydrogen) atoms. The van der Waals surface area contributed by atoms with E-state index in [0.29, 0.717) is 17.9 Å². The van der Waals surface area contributed by atoms with Crippen LogP contribution in [-0.4, -0.2) is 41.1 Å². The highest BCUT2D eigenvalue weighted by atomic mass is 16.1. The van der Waals surface area contributed by atoms with Gasteiger partial charge in [-0.1, -0.05) is 60.2 Å². The van der Waals surface area contributed by atoms with Crippen LogP contribution < -0.4 is 10.6 Å². The fourth-order valence-electron chi connectivity index (χ4n) is 3.87. The van der Waals surface area contributed by atoms with Gasteiger partial charge in [-0.25, -0.2) is 0 Å². The number of carbonyl (C=O) groups is 1. The first-order valence-corrected chi connectivity index (χ1v) is 11.9. The van der Waals surface area contributed by atoms with Gasteiger partial charge < -0.3 is 15.5 Å². The Morgan fingerprint density at radius 2 is 1.71 bits per heavy atom. The predicted octanol–water partition coefficient (Wildman–Crippen LogP) is 5.45. The summed E-state index contributed by atoms with van der Waals surface area (Å²) in [4.78, 5) is 14.9. The molecular formula is C29H31N5O. The van der Waals surface area contributed by atoms with Crippen molar-refractivity contribution in [2.45, 2.75) is 19.9 Å². The normalized spacial score (nSPS) is 10.8. The number of aromatic nitrogens is 2. The van der Waals surface area contributed by atoms with Crippen molar-refractivity contribution in [1.82, 2.24) is 20.4 Å². The first kappa shape index (κ1) is 24.1. The summed E-state index contributed by atoms with van der Waals surface area (Å²) >= 11 is 0. The van der Waals surface area contributed by atoms with Crippen molar-refractivity contribution in [3.63, 3.8) is 0 Å². The number of rotatable bonds is 10. The van der Waals surface area contributed by atoms with E-state index in [1.807, 2.05) is 54.6 Å². The second kappa shape index (κ2) is 11.9. The molecule has 0 saturated carbocycles. The van der Waals surface area contributed by atoms with E-state index in [1.54, 1.807) is 0 Å². The summed E-state index contributed by atoms with van der Waals surface area (Å²) in [5.41, 5.74) is 5.73. The minimum absolute atomic E-state index is 0.0831. The number of anilines is 2. The SMILES string of the molecule is Cc1cccc(-c2ccc(Nc3cccc(C(=O)NCCCN(C)Cc4ccccc4)c3)nn2)c1. The van der Waals surface area contributed by atoms with Gasteiger partial charge in [0.25, 0.3) is 5.91 Å². The number of hydrogen-bond donors (Lipinski definition) is 2.